The molecular formula is C27H31N2O3+. The van der Waals surface area contributed by atoms with Crippen LogP contribution in [0.5, 0.6) is 0 Å². The van der Waals surface area contributed by atoms with Crippen LogP contribution in [0.2, 0.25) is 0 Å². The predicted octanol–water partition coefficient (Wildman–Crippen LogP) is 3.71. The minimum Gasteiger partial charge on any atom is -0.457 e. The molecule has 32 heavy (non-hydrogen) atoms. The number of carbonyl (C=O) groups excluding carboxylic acids is 1. The normalized spacial score (nSPS) is 20.8. The number of hydrogen-bond donors (Lipinski definition) is 1. The molecule has 1 saturated heterocycles. The van der Waals surface area contributed by atoms with Crippen LogP contribution in [0.1, 0.15) is 29.5 Å². The SMILES string of the molecule is C[N+]1(CCc2ccncc2)CCCC1COC(=O)C(O)(c1ccccc1)c1ccccc1. The monoisotopic (exact) mass is 431 g/mol. The van der Waals surface area contributed by atoms with Gasteiger partial charge in [-0.05, 0) is 28.8 Å². The van der Waals surface area contributed by atoms with Crippen LogP contribution in [0.15, 0.2) is 85.2 Å². The molecule has 0 radical (unpaired) electrons. The molecule has 0 bridgehead atoms. The van der Waals surface area contributed by atoms with Crippen molar-refractivity contribution in [2.45, 2.75) is 30.9 Å². The number of esters is 1. The molecule has 3 aromatic rings. The minimum atomic E-state index is -1.83. The third-order valence-electron chi connectivity index (χ3n) is 6.83. The zero-order valence-corrected chi connectivity index (χ0v) is 18.6. The first-order valence-electron chi connectivity index (χ1n) is 11.3. The van der Waals surface area contributed by atoms with Crippen molar-refractivity contribution in [1.29, 1.82) is 0 Å². The highest BCUT2D eigenvalue weighted by molar-refractivity contribution is 5.85. The van der Waals surface area contributed by atoms with Crippen LogP contribution in [0.25, 0.3) is 0 Å². The molecule has 4 rings (SSSR count). The first kappa shape index (κ1) is 22.2. The first-order chi connectivity index (χ1) is 15.5. The number of aliphatic hydroxyl groups is 1. The Hall–Kier alpha value is -3.02. The van der Waals surface area contributed by atoms with E-state index in [4.69, 9.17) is 4.74 Å². The zero-order valence-electron chi connectivity index (χ0n) is 18.6. The molecule has 1 aromatic heterocycles. The number of quaternary nitrogens is 1. The second-order valence-electron chi connectivity index (χ2n) is 8.87. The average Bonchev–Trinajstić information content (AvgIpc) is 3.23. The molecule has 2 aromatic carbocycles. The number of likely N-dealkylation sites (tertiary alicyclic amines) is 1. The van der Waals surface area contributed by atoms with Gasteiger partial charge in [-0.3, -0.25) is 4.98 Å². The summed E-state index contributed by atoms with van der Waals surface area (Å²) in [6.07, 6.45) is 6.73. The van der Waals surface area contributed by atoms with Gasteiger partial charge in [0.1, 0.15) is 12.6 Å². The number of likely N-dealkylation sites (N-methyl/N-ethyl adjacent to an activating group) is 1. The van der Waals surface area contributed by atoms with Gasteiger partial charge in [0, 0.05) is 31.7 Å². The first-order valence-corrected chi connectivity index (χ1v) is 11.3. The number of benzene rings is 2. The second-order valence-corrected chi connectivity index (χ2v) is 8.87. The van der Waals surface area contributed by atoms with E-state index in [0.717, 1.165) is 36.8 Å². The zero-order chi connectivity index (χ0) is 22.4. The van der Waals surface area contributed by atoms with E-state index in [-0.39, 0.29) is 6.04 Å². The van der Waals surface area contributed by atoms with Crippen molar-refractivity contribution in [3.8, 4) is 0 Å². The van der Waals surface area contributed by atoms with Gasteiger partial charge < -0.3 is 14.3 Å². The summed E-state index contributed by atoms with van der Waals surface area (Å²) in [5.74, 6) is -0.623. The lowest BCUT2D eigenvalue weighted by molar-refractivity contribution is -0.921. The van der Waals surface area contributed by atoms with E-state index in [9.17, 15) is 9.90 Å². The summed E-state index contributed by atoms with van der Waals surface area (Å²) in [6, 6.07) is 22.4. The standard InChI is InChI=1S/C27H31N2O3/c1-29(20-16-22-14-17-28-18-15-22)19-8-13-25(29)21-32-26(30)27(31,23-9-4-2-5-10-23)24-11-6-3-7-12-24/h2-7,9-12,14-15,17-18,25,31H,8,13,16,19-21H2,1H3/q+1. The van der Waals surface area contributed by atoms with Crippen molar-refractivity contribution in [2.24, 2.45) is 0 Å². The van der Waals surface area contributed by atoms with Crippen molar-refractivity contribution in [1.82, 2.24) is 4.98 Å². The lowest BCUT2D eigenvalue weighted by Crippen LogP contribution is -2.52. The number of ether oxygens (including phenoxy) is 1. The van der Waals surface area contributed by atoms with Crippen LogP contribution >= 0.6 is 0 Å². The minimum absolute atomic E-state index is 0.219. The molecule has 0 saturated carbocycles. The van der Waals surface area contributed by atoms with Crippen LogP contribution in [-0.4, -0.2) is 53.3 Å². The highest BCUT2D eigenvalue weighted by Gasteiger charge is 2.44. The number of nitrogens with zero attached hydrogens (tertiary/aromatic N) is 2. The Morgan fingerprint density at radius 1 is 1.03 bits per heavy atom. The van der Waals surface area contributed by atoms with Crippen LogP contribution in [0, 0.1) is 0 Å². The van der Waals surface area contributed by atoms with Gasteiger partial charge in [0.25, 0.3) is 0 Å². The van der Waals surface area contributed by atoms with Crippen molar-refractivity contribution >= 4 is 5.97 Å². The molecule has 1 fully saturated rings. The van der Waals surface area contributed by atoms with Gasteiger partial charge in [0.05, 0.1) is 20.1 Å². The van der Waals surface area contributed by atoms with Gasteiger partial charge in [0.2, 0.25) is 5.60 Å². The maximum absolute atomic E-state index is 13.3. The highest BCUT2D eigenvalue weighted by atomic mass is 16.6. The van der Waals surface area contributed by atoms with Gasteiger partial charge in [-0.15, -0.1) is 0 Å². The summed E-state index contributed by atoms with van der Waals surface area (Å²) in [6.45, 7) is 2.34. The maximum atomic E-state index is 13.3. The van der Waals surface area contributed by atoms with E-state index in [2.05, 4.69) is 24.2 Å². The summed E-state index contributed by atoms with van der Waals surface area (Å²) in [5.41, 5.74) is 0.460. The fourth-order valence-corrected chi connectivity index (χ4v) is 4.71. The third kappa shape index (κ3) is 4.59. The fourth-order valence-electron chi connectivity index (χ4n) is 4.71. The van der Waals surface area contributed by atoms with Crippen molar-refractivity contribution in [3.05, 3.63) is 102 Å². The van der Waals surface area contributed by atoms with E-state index < -0.39 is 11.6 Å². The Labute approximate surface area is 189 Å². The third-order valence-corrected chi connectivity index (χ3v) is 6.83. The molecule has 5 heteroatoms. The van der Waals surface area contributed by atoms with Gasteiger partial charge in [-0.1, -0.05) is 60.7 Å². The van der Waals surface area contributed by atoms with E-state index >= 15 is 0 Å². The lowest BCUT2D eigenvalue weighted by Gasteiger charge is -2.36. The van der Waals surface area contributed by atoms with E-state index in [1.807, 2.05) is 48.8 Å². The topological polar surface area (TPSA) is 59.4 Å². The molecule has 5 nitrogen and oxygen atoms in total. The number of carbonyl (C=O) groups is 1. The molecule has 1 aliphatic rings. The molecule has 2 heterocycles. The van der Waals surface area contributed by atoms with Crippen molar-refractivity contribution < 1.29 is 19.1 Å². The Morgan fingerprint density at radius 2 is 1.62 bits per heavy atom. The lowest BCUT2D eigenvalue weighted by atomic mass is 9.86. The Bertz CT molecular complexity index is 971. The van der Waals surface area contributed by atoms with E-state index in [1.165, 1.54) is 5.56 Å². The van der Waals surface area contributed by atoms with Crippen LogP contribution in [0.4, 0.5) is 0 Å². The Morgan fingerprint density at radius 3 is 2.22 bits per heavy atom. The summed E-state index contributed by atoms with van der Waals surface area (Å²) < 4.78 is 6.70. The molecule has 0 aliphatic carbocycles. The summed E-state index contributed by atoms with van der Waals surface area (Å²) in [7, 11) is 2.24. The number of aromatic nitrogens is 1. The number of pyridine rings is 1. The van der Waals surface area contributed by atoms with E-state index in [0.29, 0.717) is 17.7 Å². The number of hydrogen-bond acceptors (Lipinski definition) is 4. The van der Waals surface area contributed by atoms with Crippen molar-refractivity contribution in [3.63, 3.8) is 0 Å². The molecular weight excluding hydrogens is 400 g/mol. The molecule has 1 aliphatic heterocycles. The smallest absolute Gasteiger partial charge is 0.347 e. The Kier molecular flexibility index (Phi) is 6.68. The van der Waals surface area contributed by atoms with E-state index in [1.54, 1.807) is 24.3 Å². The van der Waals surface area contributed by atoms with Gasteiger partial charge >= 0.3 is 5.97 Å². The maximum Gasteiger partial charge on any atom is 0.347 e. The quantitative estimate of drug-likeness (QED) is 0.436. The average molecular weight is 432 g/mol. The molecule has 2 atom stereocenters. The van der Waals surface area contributed by atoms with Crippen LogP contribution < -0.4 is 0 Å². The molecule has 2 unspecified atom stereocenters. The molecule has 0 amide bonds. The predicted molar refractivity (Wildman–Crippen MR) is 124 cm³/mol. The summed E-state index contributed by atoms with van der Waals surface area (Å²) >= 11 is 0. The second kappa shape index (κ2) is 9.63. The van der Waals surface area contributed by atoms with Crippen LogP contribution in [0.3, 0.4) is 0 Å². The molecule has 1 N–H and O–H groups in total. The number of rotatable bonds is 8. The highest BCUT2D eigenvalue weighted by Crippen LogP contribution is 2.32. The Balaban J connectivity index is 1.48. The summed E-state index contributed by atoms with van der Waals surface area (Å²) in [4.78, 5) is 17.4. The van der Waals surface area contributed by atoms with Crippen LogP contribution in [-0.2, 0) is 21.6 Å². The molecule has 166 valence electrons. The van der Waals surface area contributed by atoms with Crippen molar-refractivity contribution in [2.75, 3.05) is 26.7 Å². The fraction of sp³-hybridized carbons (Fsp3) is 0.333. The van der Waals surface area contributed by atoms with Gasteiger partial charge in [0.15, 0.2) is 0 Å². The van der Waals surface area contributed by atoms with Gasteiger partial charge in [-0.25, -0.2) is 4.79 Å². The van der Waals surface area contributed by atoms with Gasteiger partial charge in [-0.2, -0.15) is 0 Å². The largest absolute Gasteiger partial charge is 0.457 e. The molecule has 0 spiro atoms. The summed E-state index contributed by atoms with van der Waals surface area (Å²) in [5, 5.41) is 11.6.